The van der Waals surface area contributed by atoms with E-state index in [0.717, 1.165) is 12.1 Å². The fraction of sp³-hybridized carbons (Fsp3) is 0.200. The van der Waals surface area contributed by atoms with Gasteiger partial charge >= 0.3 is 0 Å². The van der Waals surface area contributed by atoms with E-state index in [4.69, 9.17) is 0 Å². The Morgan fingerprint density at radius 3 is 2.30 bits per heavy atom. The molecular weight excluding hydrogens is 270 g/mol. The van der Waals surface area contributed by atoms with E-state index < -0.39 is 23.3 Å². The summed E-state index contributed by atoms with van der Waals surface area (Å²) in [4.78, 5) is 0. The average molecular weight is 283 g/mol. The molecule has 0 spiro atoms. The third-order valence-electron chi connectivity index (χ3n) is 2.96. The van der Waals surface area contributed by atoms with Crippen LogP contribution in [0.4, 0.5) is 17.6 Å². The molecule has 1 nitrogen and oxygen atoms in total. The molecule has 0 amide bonds. The lowest BCUT2D eigenvalue weighted by molar-refractivity contribution is 0.449. The second-order valence-corrected chi connectivity index (χ2v) is 4.31. The van der Waals surface area contributed by atoms with Gasteiger partial charge in [-0.05, 0) is 36.4 Å². The molecule has 0 saturated heterocycles. The molecule has 0 bridgehead atoms. The van der Waals surface area contributed by atoms with Crippen molar-refractivity contribution in [2.45, 2.75) is 13.5 Å². The van der Waals surface area contributed by atoms with Crippen LogP contribution in [-0.2, 0) is 6.54 Å². The van der Waals surface area contributed by atoms with Crippen LogP contribution in [0, 0.1) is 23.3 Å². The summed E-state index contributed by atoms with van der Waals surface area (Å²) >= 11 is 0. The van der Waals surface area contributed by atoms with Crippen molar-refractivity contribution in [3.05, 3.63) is 59.2 Å². The lowest BCUT2D eigenvalue weighted by atomic mass is 10.0. The number of rotatable bonds is 4. The Morgan fingerprint density at radius 1 is 0.900 bits per heavy atom. The molecule has 0 aliphatic carbocycles. The van der Waals surface area contributed by atoms with Gasteiger partial charge in [-0.25, -0.2) is 17.6 Å². The number of hydrogen-bond acceptors (Lipinski definition) is 1. The predicted molar refractivity (Wildman–Crippen MR) is 69.1 cm³/mol. The standard InChI is InChI=1S/C15H13F4N/c1-2-20-8-10-7-9(3-5-12(10)16)11-4-6-13(17)15(19)14(11)18/h3-7,20H,2,8H2,1H3. The van der Waals surface area contributed by atoms with Gasteiger partial charge in [-0.3, -0.25) is 0 Å². The Morgan fingerprint density at radius 2 is 1.60 bits per heavy atom. The highest BCUT2D eigenvalue weighted by atomic mass is 19.2. The van der Waals surface area contributed by atoms with Gasteiger partial charge in [0.15, 0.2) is 17.5 Å². The molecule has 20 heavy (non-hydrogen) atoms. The van der Waals surface area contributed by atoms with Crippen molar-refractivity contribution in [1.82, 2.24) is 5.32 Å². The predicted octanol–water partition coefficient (Wildman–Crippen LogP) is 4.02. The highest BCUT2D eigenvalue weighted by molar-refractivity contribution is 5.65. The van der Waals surface area contributed by atoms with Crippen LogP contribution in [0.3, 0.4) is 0 Å². The Balaban J connectivity index is 2.45. The SMILES string of the molecule is CCNCc1cc(-c2ccc(F)c(F)c2F)ccc1F. The highest BCUT2D eigenvalue weighted by Gasteiger charge is 2.15. The van der Waals surface area contributed by atoms with E-state index in [-0.39, 0.29) is 12.1 Å². The lowest BCUT2D eigenvalue weighted by Gasteiger charge is -2.09. The van der Waals surface area contributed by atoms with E-state index in [1.54, 1.807) is 0 Å². The lowest BCUT2D eigenvalue weighted by Crippen LogP contribution is -2.13. The first kappa shape index (κ1) is 14.5. The van der Waals surface area contributed by atoms with Crippen molar-refractivity contribution >= 4 is 0 Å². The van der Waals surface area contributed by atoms with Crippen molar-refractivity contribution in [2.75, 3.05) is 6.54 Å². The minimum atomic E-state index is -1.53. The first-order valence-corrected chi connectivity index (χ1v) is 6.17. The number of hydrogen-bond donors (Lipinski definition) is 1. The Labute approximate surface area is 114 Å². The van der Waals surface area contributed by atoms with Crippen LogP contribution in [0.1, 0.15) is 12.5 Å². The Hall–Kier alpha value is -1.88. The summed E-state index contributed by atoms with van der Waals surface area (Å²) in [6.45, 7) is 2.81. The maximum Gasteiger partial charge on any atom is 0.195 e. The van der Waals surface area contributed by atoms with E-state index >= 15 is 0 Å². The minimum absolute atomic E-state index is 0.0957. The molecule has 5 heteroatoms. The molecule has 0 atom stereocenters. The van der Waals surface area contributed by atoms with Gasteiger partial charge in [0.05, 0.1) is 0 Å². The Bertz CT molecular complexity index is 626. The van der Waals surface area contributed by atoms with E-state index in [9.17, 15) is 17.6 Å². The maximum absolute atomic E-state index is 13.7. The molecule has 0 heterocycles. The summed E-state index contributed by atoms with van der Waals surface area (Å²) in [6.07, 6.45) is 0. The summed E-state index contributed by atoms with van der Waals surface area (Å²) in [5.41, 5.74) is 0.547. The van der Waals surface area contributed by atoms with Gasteiger partial charge in [-0.1, -0.05) is 13.0 Å². The van der Waals surface area contributed by atoms with E-state index in [0.29, 0.717) is 17.7 Å². The van der Waals surface area contributed by atoms with Crippen molar-refractivity contribution in [2.24, 2.45) is 0 Å². The van der Waals surface area contributed by atoms with Gasteiger partial charge in [0.1, 0.15) is 5.82 Å². The van der Waals surface area contributed by atoms with Crippen LogP contribution in [-0.4, -0.2) is 6.54 Å². The molecule has 0 unspecified atom stereocenters. The molecule has 1 N–H and O–H groups in total. The number of benzene rings is 2. The van der Waals surface area contributed by atoms with Crippen LogP contribution in [0.2, 0.25) is 0 Å². The van der Waals surface area contributed by atoms with Gasteiger partial charge in [-0.15, -0.1) is 0 Å². The molecule has 0 saturated carbocycles. The fourth-order valence-electron chi connectivity index (χ4n) is 1.89. The van der Waals surface area contributed by atoms with Gasteiger partial charge in [-0.2, -0.15) is 0 Å². The van der Waals surface area contributed by atoms with E-state index in [1.807, 2.05) is 6.92 Å². The fourth-order valence-corrected chi connectivity index (χ4v) is 1.89. The molecule has 0 aliphatic heterocycles. The molecule has 2 rings (SSSR count). The zero-order chi connectivity index (χ0) is 14.7. The van der Waals surface area contributed by atoms with Crippen LogP contribution in [0.5, 0.6) is 0 Å². The summed E-state index contributed by atoms with van der Waals surface area (Å²) in [7, 11) is 0. The van der Waals surface area contributed by atoms with Crippen molar-refractivity contribution in [3.63, 3.8) is 0 Å². The normalized spacial score (nSPS) is 10.8. The third-order valence-corrected chi connectivity index (χ3v) is 2.96. The topological polar surface area (TPSA) is 12.0 Å². The quantitative estimate of drug-likeness (QED) is 0.660. The van der Waals surface area contributed by atoms with Crippen LogP contribution < -0.4 is 5.32 Å². The van der Waals surface area contributed by atoms with Crippen molar-refractivity contribution in [1.29, 1.82) is 0 Å². The summed E-state index contributed by atoms with van der Waals surface area (Å²) in [5.74, 6) is -4.48. The average Bonchev–Trinajstić information content (AvgIpc) is 2.44. The van der Waals surface area contributed by atoms with Crippen LogP contribution >= 0.6 is 0 Å². The van der Waals surface area contributed by atoms with E-state index in [1.165, 1.54) is 18.2 Å². The minimum Gasteiger partial charge on any atom is -0.313 e. The first-order chi connectivity index (χ1) is 9.54. The van der Waals surface area contributed by atoms with Crippen LogP contribution in [0.25, 0.3) is 11.1 Å². The summed E-state index contributed by atoms with van der Waals surface area (Å²) < 4.78 is 53.4. The molecule has 0 radical (unpaired) electrons. The zero-order valence-electron chi connectivity index (χ0n) is 10.8. The number of nitrogens with one attached hydrogen (secondary N) is 1. The van der Waals surface area contributed by atoms with Crippen molar-refractivity contribution in [3.8, 4) is 11.1 Å². The molecule has 2 aromatic rings. The van der Waals surface area contributed by atoms with Gasteiger partial charge < -0.3 is 5.32 Å². The third kappa shape index (κ3) is 2.82. The molecule has 106 valence electrons. The summed E-state index contributed by atoms with van der Waals surface area (Å²) in [5, 5.41) is 2.95. The zero-order valence-corrected chi connectivity index (χ0v) is 10.8. The van der Waals surface area contributed by atoms with Crippen LogP contribution in [0.15, 0.2) is 30.3 Å². The monoisotopic (exact) mass is 283 g/mol. The van der Waals surface area contributed by atoms with Crippen molar-refractivity contribution < 1.29 is 17.6 Å². The molecule has 0 aromatic heterocycles. The smallest absolute Gasteiger partial charge is 0.195 e. The van der Waals surface area contributed by atoms with E-state index in [2.05, 4.69) is 5.32 Å². The Kier molecular flexibility index (Phi) is 4.39. The highest BCUT2D eigenvalue weighted by Crippen LogP contribution is 2.27. The van der Waals surface area contributed by atoms with Gasteiger partial charge in [0, 0.05) is 17.7 Å². The molecule has 2 aromatic carbocycles. The second kappa shape index (κ2) is 6.05. The molecule has 0 fully saturated rings. The molecule has 0 aliphatic rings. The largest absolute Gasteiger partial charge is 0.313 e. The first-order valence-electron chi connectivity index (χ1n) is 6.17. The van der Waals surface area contributed by atoms with Gasteiger partial charge in [0.25, 0.3) is 0 Å². The molecular formula is C15H13F4N. The second-order valence-electron chi connectivity index (χ2n) is 4.31. The number of halogens is 4. The van der Waals surface area contributed by atoms with Gasteiger partial charge in [0.2, 0.25) is 0 Å². The maximum atomic E-state index is 13.7. The summed E-state index contributed by atoms with van der Waals surface area (Å²) in [6, 6.07) is 5.93.